The summed E-state index contributed by atoms with van der Waals surface area (Å²) < 4.78 is 6.42. The van der Waals surface area contributed by atoms with E-state index in [1.54, 1.807) is 12.4 Å². The summed E-state index contributed by atoms with van der Waals surface area (Å²) in [6.07, 6.45) is 11.9. The Kier molecular flexibility index (Phi) is 19.6. The van der Waals surface area contributed by atoms with Crippen LogP contribution in [-0.2, 0) is 6.42 Å². The van der Waals surface area contributed by atoms with Crippen LogP contribution >= 0.6 is 0 Å². The van der Waals surface area contributed by atoms with Gasteiger partial charge in [0.25, 0.3) is 0 Å². The predicted molar refractivity (Wildman–Crippen MR) is 170 cm³/mol. The van der Waals surface area contributed by atoms with E-state index in [9.17, 15) is 0 Å². The zero-order chi connectivity index (χ0) is 29.8. The number of hydrogen-bond acceptors (Lipinski definition) is 4. The summed E-state index contributed by atoms with van der Waals surface area (Å²) in [5.74, 6) is 3.18. The van der Waals surface area contributed by atoms with Crippen molar-refractivity contribution >= 4 is 0 Å². The van der Waals surface area contributed by atoms with Crippen LogP contribution in [0.2, 0.25) is 0 Å². The van der Waals surface area contributed by atoms with Gasteiger partial charge in [0.2, 0.25) is 0 Å². The molecule has 1 saturated carbocycles. The minimum absolute atomic E-state index is 0.0323. The van der Waals surface area contributed by atoms with Crippen molar-refractivity contribution in [3.63, 3.8) is 0 Å². The van der Waals surface area contributed by atoms with E-state index in [2.05, 4.69) is 47.0 Å². The molecule has 1 fully saturated rings. The van der Waals surface area contributed by atoms with Crippen molar-refractivity contribution in [1.82, 2.24) is 15.0 Å². The second kappa shape index (κ2) is 21.1. The molecule has 3 heterocycles. The minimum atomic E-state index is -0.0323. The number of fused-ring (bicyclic) bond motifs is 1. The molecule has 5 rings (SSSR count). The first-order valence-electron chi connectivity index (χ1n) is 15.7. The van der Waals surface area contributed by atoms with Gasteiger partial charge in [-0.15, -0.1) is 0 Å². The molecule has 0 spiro atoms. The van der Waals surface area contributed by atoms with Crippen molar-refractivity contribution in [3.8, 4) is 17.0 Å². The number of hydrogen-bond donors (Lipinski definition) is 0. The third kappa shape index (κ3) is 10.7. The van der Waals surface area contributed by atoms with Crippen LogP contribution in [0.4, 0.5) is 0 Å². The zero-order valence-corrected chi connectivity index (χ0v) is 27.1. The normalized spacial score (nSPS) is 15.3. The third-order valence-electron chi connectivity index (χ3n) is 6.25. The largest absolute Gasteiger partial charge is 0.484 e. The molecule has 2 aliphatic rings. The van der Waals surface area contributed by atoms with Crippen LogP contribution in [0.15, 0.2) is 55.1 Å². The Balaban J connectivity index is 0.00000131. The first-order chi connectivity index (χ1) is 19.2. The third-order valence-corrected chi connectivity index (χ3v) is 6.25. The monoisotopic (exact) mass is 535 g/mol. The Morgan fingerprint density at radius 1 is 0.744 bits per heavy atom. The van der Waals surface area contributed by atoms with E-state index in [0.29, 0.717) is 11.8 Å². The fourth-order valence-corrected chi connectivity index (χ4v) is 4.63. The molecule has 4 nitrogen and oxygen atoms in total. The molecule has 0 N–H and O–H groups in total. The number of aromatic nitrogens is 3. The van der Waals surface area contributed by atoms with Crippen LogP contribution in [0.5, 0.6) is 5.75 Å². The molecule has 1 aromatic carbocycles. The van der Waals surface area contributed by atoms with Gasteiger partial charge in [-0.1, -0.05) is 95.2 Å². The van der Waals surface area contributed by atoms with Crippen LogP contribution < -0.4 is 4.74 Å². The van der Waals surface area contributed by atoms with E-state index in [0.717, 1.165) is 41.5 Å². The fraction of sp³-hybridized carbons (Fsp3) is 0.571. The highest BCUT2D eigenvalue weighted by molar-refractivity contribution is 5.56. The maximum Gasteiger partial charge on any atom is 0.142 e. The van der Waals surface area contributed by atoms with Crippen LogP contribution in [0.25, 0.3) is 11.3 Å². The highest BCUT2D eigenvalue weighted by Crippen LogP contribution is 2.48. The number of nitrogens with zero attached hydrogens (tertiary/aromatic N) is 3. The maximum absolute atomic E-state index is 6.42. The van der Waals surface area contributed by atoms with Crippen molar-refractivity contribution in [2.75, 3.05) is 0 Å². The molecule has 2 aromatic heterocycles. The molecule has 4 heteroatoms. The summed E-state index contributed by atoms with van der Waals surface area (Å²) in [6.45, 7) is 24.7. The molecule has 1 aliphatic heterocycles. The molecule has 3 aromatic rings. The number of pyridine rings is 1. The van der Waals surface area contributed by atoms with Crippen LogP contribution in [0.1, 0.15) is 131 Å². The Labute approximate surface area is 241 Å². The molecule has 0 radical (unpaired) electrons. The molecule has 218 valence electrons. The van der Waals surface area contributed by atoms with Crippen molar-refractivity contribution in [3.05, 3.63) is 71.9 Å². The van der Waals surface area contributed by atoms with Gasteiger partial charge in [-0.25, -0.2) is 0 Å². The number of rotatable bonds is 5. The second-order valence-electron chi connectivity index (χ2n) is 8.68. The lowest BCUT2D eigenvalue weighted by Crippen LogP contribution is -2.17. The van der Waals surface area contributed by atoms with E-state index in [-0.39, 0.29) is 6.10 Å². The first kappa shape index (κ1) is 36.2. The topological polar surface area (TPSA) is 47.9 Å². The second-order valence-corrected chi connectivity index (χ2v) is 8.68. The SMILES string of the molecule is CC.CC.CC.CC.CC.CC(C)C(c1ccc2c(c1)OC(c1cnc(-c3ccncc3)cn1)CC2)C1CC1. The highest BCUT2D eigenvalue weighted by atomic mass is 16.5. The zero-order valence-electron chi connectivity index (χ0n) is 27.1. The van der Waals surface area contributed by atoms with E-state index in [1.165, 1.54) is 24.0 Å². The van der Waals surface area contributed by atoms with E-state index in [4.69, 9.17) is 4.74 Å². The lowest BCUT2D eigenvalue weighted by molar-refractivity contribution is 0.171. The molecule has 39 heavy (non-hydrogen) atoms. The van der Waals surface area contributed by atoms with Gasteiger partial charge >= 0.3 is 0 Å². The standard InChI is InChI=1S/C25H27N3O.5C2H6/c1-16(2)25(19-4-5-19)20-6-3-18-7-8-23(29-24(18)13-20)22-15-27-21(14-28-22)17-9-11-26-12-10-17;5*1-2/h3,6,9-16,19,23,25H,4-5,7-8H2,1-2H3;5*1-2H3. The van der Waals surface area contributed by atoms with Crippen molar-refractivity contribution in [1.29, 1.82) is 0 Å². The molecule has 2 atom stereocenters. The summed E-state index contributed by atoms with van der Waals surface area (Å²) in [7, 11) is 0. The van der Waals surface area contributed by atoms with Crippen LogP contribution in [0.3, 0.4) is 0 Å². The fourth-order valence-electron chi connectivity index (χ4n) is 4.63. The van der Waals surface area contributed by atoms with Crippen molar-refractivity contribution in [2.24, 2.45) is 11.8 Å². The molecule has 1 aliphatic carbocycles. The lowest BCUT2D eigenvalue weighted by atomic mass is 9.83. The van der Waals surface area contributed by atoms with E-state index >= 15 is 0 Å². The molecule has 0 bridgehead atoms. The van der Waals surface area contributed by atoms with Gasteiger partial charge in [0.15, 0.2) is 0 Å². The Morgan fingerprint density at radius 2 is 1.36 bits per heavy atom. The van der Waals surface area contributed by atoms with Gasteiger partial charge in [-0.05, 0) is 72.8 Å². The predicted octanol–water partition coefficient (Wildman–Crippen LogP) is 10.9. The average molecular weight is 536 g/mol. The summed E-state index contributed by atoms with van der Waals surface area (Å²) in [6, 6.07) is 10.8. The van der Waals surface area contributed by atoms with E-state index in [1.807, 2.05) is 93.8 Å². The van der Waals surface area contributed by atoms with Gasteiger partial charge in [0, 0.05) is 18.0 Å². The first-order valence-corrected chi connectivity index (χ1v) is 15.7. The maximum atomic E-state index is 6.42. The Bertz CT molecular complexity index is 981. The van der Waals surface area contributed by atoms with Crippen molar-refractivity contribution in [2.45, 2.75) is 121 Å². The molecule has 2 unspecified atom stereocenters. The summed E-state index contributed by atoms with van der Waals surface area (Å²) in [5.41, 5.74) is 5.53. The smallest absolute Gasteiger partial charge is 0.142 e. The van der Waals surface area contributed by atoms with Gasteiger partial charge in [-0.3, -0.25) is 15.0 Å². The van der Waals surface area contributed by atoms with Crippen LogP contribution in [-0.4, -0.2) is 15.0 Å². The van der Waals surface area contributed by atoms with Gasteiger partial charge in [0.05, 0.1) is 23.8 Å². The molecular formula is C35H57N3O. The summed E-state index contributed by atoms with van der Waals surface area (Å²) in [5, 5.41) is 0. The van der Waals surface area contributed by atoms with E-state index < -0.39 is 0 Å². The van der Waals surface area contributed by atoms with Crippen LogP contribution in [0, 0.1) is 11.8 Å². The Morgan fingerprint density at radius 3 is 1.87 bits per heavy atom. The summed E-state index contributed by atoms with van der Waals surface area (Å²) in [4.78, 5) is 13.3. The van der Waals surface area contributed by atoms with Gasteiger partial charge in [0.1, 0.15) is 11.9 Å². The summed E-state index contributed by atoms with van der Waals surface area (Å²) >= 11 is 0. The van der Waals surface area contributed by atoms with Crippen molar-refractivity contribution < 1.29 is 4.74 Å². The molecular weight excluding hydrogens is 478 g/mol. The Hall–Kier alpha value is -2.75. The quantitative estimate of drug-likeness (QED) is 0.326. The minimum Gasteiger partial charge on any atom is -0.484 e. The lowest BCUT2D eigenvalue weighted by Gasteiger charge is -2.28. The number of benzene rings is 1. The number of ether oxygens (including phenoxy) is 1. The molecule has 0 amide bonds. The molecule has 0 saturated heterocycles. The average Bonchev–Trinajstić information content (AvgIpc) is 3.87. The van der Waals surface area contributed by atoms with Gasteiger partial charge < -0.3 is 4.74 Å². The van der Waals surface area contributed by atoms with Gasteiger partial charge in [-0.2, -0.15) is 0 Å². The highest BCUT2D eigenvalue weighted by Gasteiger charge is 2.35. The number of aryl methyl sites for hydroxylation is 1.